The number of nitrogens with one attached hydrogen (secondary N) is 2. The Morgan fingerprint density at radius 3 is 2.25 bits per heavy atom. The highest BCUT2D eigenvalue weighted by molar-refractivity contribution is 7.80. The van der Waals surface area contributed by atoms with Crippen LogP contribution in [-0.4, -0.2) is 59.6 Å². The van der Waals surface area contributed by atoms with Crippen LogP contribution in [0, 0.1) is 0 Å². The number of benzene rings is 2. The second-order valence-corrected chi connectivity index (χ2v) is 7.71. The first-order valence-corrected chi connectivity index (χ1v) is 11.0. The average molecular weight is 453 g/mol. The largest absolute Gasteiger partial charge is 0.462 e. The number of carbonyl (C=O) groups is 2. The van der Waals surface area contributed by atoms with Crippen LogP contribution in [0.3, 0.4) is 0 Å². The summed E-state index contributed by atoms with van der Waals surface area (Å²) in [5.41, 5.74) is 1.97. The van der Waals surface area contributed by atoms with Gasteiger partial charge in [-0.3, -0.25) is 9.69 Å². The van der Waals surface area contributed by atoms with Crippen LogP contribution in [0.5, 0.6) is 0 Å². The first-order valence-electron chi connectivity index (χ1n) is 10.6. The van der Waals surface area contributed by atoms with E-state index in [9.17, 15) is 9.59 Å². The predicted octanol–water partition coefficient (Wildman–Crippen LogP) is 2.76. The van der Waals surface area contributed by atoms with E-state index in [-0.39, 0.29) is 23.2 Å². The molecule has 3 rings (SSSR count). The summed E-state index contributed by atoms with van der Waals surface area (Å²) < 4.78 is 5.10. The van der Waals surface area contributed by atoms with E-state index in [4.69, 9.17) is 17.0 Å². The number of thiocarbonyl (C=S) groups is 1. The molecule has 32 heavy (non-hydrogen) atoms. The summed E-state index contributed by atoms with van der Waals surface area (Å²) in [7, 11) is 0. The number of anilines is 1. The van der Waals surface area contributed by atoms with Gasteiger partial charge in [0.2, 0.25) is 0 Å². The minimum Gasteiger partial charge on any atom is -0.462 e. The van der Waals surface area contributed by atoms with Gasteiger partial charge in [-0.05, 0) is 36.8 Å². The van der Waals surface area contributed by atoms with Gasteiger partial charge in [0.15, 0.2) is 5.11 Å². The summed E-state index contributed by atoms with van der Waals surface area (Å²) in [6.07, 6.45) is 1.33. The van der Waals surface area contributed by atoms with Gasteiger partial charge in [-0.2, -0.15) is 0 Å². The van der Waals surface area contributed by atoms with Gasteiger partial charge in [0.25, 0.3) is 5.91 Å². The van der Waals surface area contributed by atoms with Crippen molar-refractivity contribution in [2.24, 2.45) is 0 Å². The highest BCUT2D eigenvalue weighted by Crippen LogP contribution is 2.12. The molecule has 0 radical (unpaired) electrons. The van der Waals surface area contributed by atoms with E-state index in [1.165, 1.54) is 11.8 Å². The highest BCUT2D eigenvalue weighted by Gasteiger charge is 2.28. The maximum absolute atomic E-state index is 13.1. The van der Waals surface area contributed by atoms with Crippen molar-refractivity contribution in [3.05, 3.63) is 78.0 Å². The van der Waals surface area contributed by atoms with E-state index in [1.807, 2.05) is 48.5 Å². The zero-order chi connectivity index (χ0) is 22.8. The second-order valence-electron chi connectivity index (χ2n) is 7.30. The summed E-state index contributed by atoms with van der Waals surface area (Å²) in [5, 5.41) is 6.12. The van der Waals surface area contributed by atoms with Crippen LogP contribution in [0.15, 0.2) is 72.4 Å². The molecule has 168 valence electrons. The summed E-state index contributed by atoms with van der Waals surface area (Å²) in [4.78, 5) is 29.5. The number of hydrogen-bond donors (Lipinski definition) is 2. The minimum atomic E-state index is -0.667. The molecule has 1 amide bonds. The summed E-state index contributed by atoms with van der Waals surface area (Å²) >= 11 is 5.28. The molecule has 0 atom stereocenters. The lowest BCUT2D eigenvalue weighted by Gasteiger charge is -2.35. The number of rotatable bonds is 7. The van der Waals surface area contributed by atoms with E-state index in [1.54, 1.807) is 11.8 Å². The van der Waals surface area contributed by atoms with E-state index >= 15 is 0 Å². The van der Waals surface area contributed by atoms with Crippen molar-refractivity contribution >= 4 is 34.9 Å². The molecule has 0 unspecified atom stereocenters. The van der Waals surface area contributed by atoms with Crippen LogP contribution < -0.4 is 10.6 Å². The van der Waals surface area contributed by atoms with Crippen LogP contribution in [0.2, 0.25) is 0 Å². The number of ether oxygens (including phenoxy) is 1. The van der Waals surface area contributed by atoms with Gasteiger partial charge in [0, 0.05) is 44.6 Å². The van der Waals surface area contributed by atoms with Gasteiger partial charge in [-0.25, -0.2) is 4.79 Å². The lowest BCUT2D eigenvalue weighted by Crippen LogP contribution is -2.49. The van der Waals surface area contributed by atoms with Crippen LogP contribution in [-0.2, 0) is 20.9 Å². The Labute approximate surface area is 194 Å². The number of piperazine rings is 1. The Bertz CT molecular complexity index is 942. The molecule has 1 aliphatic heterocycles. The first-order chi connectivity index (χ1) is 15.6. The van der Waals surface area contributed by atoms with Gasteiger partial charge in [0.05, 0.1) is 6.61 Å². The van der Waals surface area contributed by atoms with Crippen LogP contribution in [0.4, 0.5) is 5.69 Å². The van der Waals surface area contributed by atoms with Crippen molar-refractivity contribution in [2.75, 3.05) is 38.1 Å². The van der Waals surface area contributed by atoms with Crippen molar-refractivity contribution in [1.82, 2.24) is 15.1 Å². The van der Waals surface area contributed by atoms with Crippen molar-refractivity contribution in [3.8, 4) is 0 Å². The zero-order valence-electron chi connectivity index (χ0n) is 18.1. The molecular formula is C24H28N4O3S. The SMILES string of the molecule is CCOC(=O)C(=CNC(=S)Nc1ccccc1)C(=O)N1CCN(Cc2ccccc2)CC1. The number of amides is 1. The fourth-order valence-electron chi connectivity index (χ4n) is 3.36. The maximum atomic E-state index is 13.1. The Kier molecular flexibility index (Phi) is 8.77. The fraction of sp³-hybridized carbons (Fsp3) is 0.292. The number of para-hydroxylation sites is 1. The van der Waals surface area contributed by atoms with Crippen LogP contribution in [0.25, 0.3) is 0 Å². The lowest BCUT2D eigenvalue weighted by molar-refractivity contribution is -0.142. The van der Waals surface area contributed by atoms with Gasteiger partial charge in [-0.1, -0.05) is 48.5 Å². The maximum Gasteiger partial charge on any atom is 0.345 e. The van der Waals surface area contributed by atoms with Gasteiger partial charge >= 0.3 is 5.97 Å². The van der Waals surface area contributed by atoms with Gasteiger partial charge < -0.3 is 20.3 Å². The van der Waals surface area contributed by atoms with Crippen LogP contribution >= 0.6 is 12.2 Å². The van der Waals surface area contributed by atoms with Crippen molar-refractivity contribution in [2.45, 2.75) is 13.5 Å². The number of nitrogens with zero attached hydrogens (tertiary/aromatic N) is 2. The Balaban J connectivity index is 1.59. The molecule has 0 spiro atoms. The molecule has 0 aliphatic carbocycles. The molecule has 0 aromatic heterocycles. The van der Waals surface area contributed by atoms with E-state index in [0.717, 1.165) is 25.3 Å². The average Bonchev–Trinajstić information content (AvgIpc) is 2.81. The predicted molar refractivity (Wildman–Crippen MR) is 129 cm³/mol. The zero-order valence-corrected chi connectivity index (χ0v) is 18.9. The van der Waals surface area contributed by atoms with Crippen molar-refractivity contribution in [3.63, 3.8) is 0 Å². The van der Waals surface area contributed by atoms with E-state index in [0.29, 0.717) is 13.1 Å². The molecule has 2 aromatic rings. The molecule has 7 nitrogen and oxygen atoms in total. The van der Waals surface area contributed by atoms with Crippen molar-refractivity contribution in [1.29, 1.82) is 0 Å². The van der Waals surface area contributed by atoms with E-state index in [2.05, 4.69) is 27.7 Å². The minimum absolute atomic E-state index is 0.0689. The third kappa shape index (κ3) is 6.90. The molecule has 2 aromatic carbocycles. The molecule has 1 fully saturated rings. The third-order valence-electron chi connectivity index (χ3n) is 5.01. The molecule has 0 saturated carbocycles. The quantitative estimate of drug-likeness (QED) is 0.220. The Morgan fingerprint density at radius 2 is 1.62 bits per heavy atom. The normalized spacial score (nSPS) is 14.5. The number of hydrogen-bond acceptors (Lipinski definition) is 5. The monoisotopic (exact) mass is 452 g/mol. The topological polar surface area (TPSA) is 73.9 Å². The number of carbonyl (C=O) groups excluding carboxylic acids is 2. The van der Waals surface area contributed by atoms with Gasteiger partial charge in [0.1, 0.15) is 5.57 Å². The second kappa shape index (κ2) is 12.0. The molecule has 8 heteroatoms. The molecule has 2 N–H and O–H groups in total. The highest BCUT2D eigenvalue weighted by atomic mass is 32.1. The first kappa shape index (κ1) is 23.4. The standard InChI is InChI=1S/C24H28N4O3S/c1-2-31-23(30)21(17-25-24(32)26-20-11-7-4-8-12-20)22(29)28-15-13-27(14-16-28)18-19-9-5-3-6-10-19/h3-12,17H,2,13-16,18H2,1H3,(H2,25,26,32). The third-order valence-corrected chi connectivity index (χ3v) is 5.23. The fourth-order valence-corrected chi connectivity index (χ4v) is 3.54. The molecular weight excluding hydrogens is 424 g/mol. The van der Waals surface area contributed by atoms with Crippen molar-refractivity contribution < 1.29 is 14.3 Å². The van der Waals surface area contributed by atoms with Crippen LogP contribution in [0.1, 0.15) is 12.5 Å². The summed E-state index contributed by atoms with van der Waals surface area (Å²) in [5.74, 6) is -1.03. The van der Waals surface area contributed by atoms with E-state index < -0.39 is 5.97 Å². The Hall–Kier alpha value is -3.23. The molecule has 1 heterocycles. The smallest absolute Gasteiger partial charge is 0.345 e. The summed E-state index contributed by atoms with van der Waals surface area (Å²) in [6.45, 7) is 5.27. The Morgan fingerprint density at radius 1 is 1.00 bits per heavy atom. The summed E-state index contributed by atoms with van der Waals surface area (Å²) in [6, 6.07) is 19.6. The molecule has 1 saturated heterocycles. The lowest BCUT2D eigenvalue weighted by atomic mass is 10.2. The molecule has 1 aliphatic rings. The molecule has 0 bridgehead atoms. The number of esters is 1. The van der Waals surface area contributed by atoms with Gasteiger partial charge in [-0.15, -0.1) is 0 Å².